The van der Waals surface area contributed by atoms with Gasteiger partial charge in [0.15, 0.2) is 6.61 Å². The van der Waals surface area contributed by atoms with E-state index in [4.69, 9.17) is 16.3 Å². The molecule has 0 aliphatic heterocycles. The van der Waals surface area contributed by atoms with Crippen molar-refractivity contribution >= 4 is 23.7 Å². The van der Waals surface area contributed by atoms with E-state index in [1.165, 1.54) is 18.2 Å². The van der Waals surface area contributed by atoms with Gasteiger partial charge in [-0.15, -0.1) is 0 Å². The van der Waals surface area contributed by atoms with Crippen LogP contribution in [0, 0.1) is 5.82 Å². The first-order chi connectivity index (χ1) is 13.1. The Morgan fingerprint density at radius 3 is 2.56 bits per heavy atom. The summed E-state index contributed by atoms with van der Waals surface area (Å²) in [6.45, 7) is -0.230. The summed E-state index contributed by atoms with van der Waals surface area (Å²) in [7, 11) is 0. The Morgan fingerprint density at radius 1 is 1.04 bits per heavy atom. The molecule has 3 rings (SSSR count). The zero-order chi connectivity index (χ0) is 19.1. The number of ether oxygens (including phenoxy) is 1. The summed E-state index contributed by atoms with van der Waals surface area (Å²) in [6.07, 6.45) is 1.16. The van der Waals surface area contributed by atoms with Crippen molar-refractivity contribution in [2.24, 2.45) is 5.10 Å². The maximum Gasteiger partial charge on any atom is 0.277 e. The normalized spacial score (nSPS) is 10.7. The SMILES string of the molecule is O=C(COc1ccccc1-c1ccccc1)N/N=C\c1c(F)cccc1Cl. The lowest BCUT2D eigenvalue weighted by Gasteiger charge is -2.10. The van der Waals surface area contributed by atoms with E-state index in [9.17, 15) is 9.18 Å². The molecule has 1 amide bonds. The Morgan fingerprint density at radius 2 is 1.78 bits per heavy atom. The Labute approximate surface area is 161 Å². The fraction of sp³-hybridized carbons (Fsp3) is 0.0476. The Balaban J connectivity index is 1.61. The van der Waals surface area contributed by atoms with Crippen molar-refractivity contribution in [3.8, 4) is 16.9 Å². The van der Waals surface area contributed by atoms with E-state index in [1.54, 1.807) is 6.07 Å². The number of rotatable bonds is 6. The molecule has 0 fully saturated rings. The average Bonchev–Trinajstić information content (AvgIpc) is 2.69. The smallest absolute Gasteiger partial charge is 0.277 e. The molecule has 0 atom stereocenters. The lowest BCUT2D eigenvalue weighted by Crippen LogP contribution is -2.24. The lowest BCUT2D eigenvalue weighted by molar-refractivity contribution is -0.123. The summed E-state index contributed by atoms with van der Waals surface area (Å²) < 4.78 is 19.3. The molecular weight excluding hydrogens is 367 g/mol. The van der Waals surface area contributed by atoms with Crippen LogP contribution in [0.5, 0.6) is 5.75 Å². The molecule has 0 spiro atoms. The van der Waals surface area contributed by atoms with Crippen LogP contribution in [0.2, 0.25) is 5.02 Å². The van der Waals surface area contributed by atoms with E-state index in [0.717, 1.165) is 17.3 Å². The standard InChI is InChI=1S/C21H16ClFN2O2/c22-18-10-6-11-19(23)17(18)13-24-25-21(26)14-27-20-12-5-4-9-16(20)15-7-2-1-3-8-15/h1-13H,14H2,(H,25,26)/b24-13-. The van der Waals surface area contributed by atoms with E-state index in [2.05, 4.69) is 10.5 Å². The molecule has 3 aromatic carbocycles. The van der Waals surface area contributed by atoms with Gasteiger partial charge < -0.3 is 4.74 Å². The van der Waals surface area contributed by atoms with Gasteiger partial charge in [0.2, 0.25) is 0 Å². The van der Waals surface area contributed by atoms with Gasteiger partial charge >= 0.3 is 0 Å². The number of nitrogens with zero attached hydrogens (tertiary/aromatic N) is 1. The Bertz CT molecular complexity index is 941. The highest BCUT2D eigenvalue weighted by Crippen LogP contribution is 2.29. The van der Waals surface area contributed by atoms with E-state index < -0.39 is 11.7 Å². The van der Waals surface area contributed by atoms with Gasteiger partial charge in [0.1, 0.15) is 11.6 Å². The van der Waals surface area contributed by atoms with Crippen LogP contribution >= 0.6 is 11.6 Å². The number of benzene rings is 3. The molecule has 6 heteroatoms. The van der Waals surface area contributed by atoms with Crippen LogP contribution in [0.4, 0.5) is 4.39 Å². The second-order valence-corrected chi connectivity index (χ2v) is 5.99. The van der Waals surface area contributed by atoms with Crippen LogP contribution < -0.4 is 10.2 Å². The first kappa shape index (κ1) is 18.6. The molecule has 0 aliphatic carbocycles. The third kappa shape index (κ3) is 4.92. The molecule has 0 bridgehead atoms. The minimum Gasteiger partial charge on any atom is -0.483 e. The predicted octanol–water partition coefficient (Wildman–Crippen LogP) is 4.68. The Kier molecular flexibility index (Phi) is 6.18. The molecular formula is C21H16ClFN2O2. The molecule has 4 nitrogen and oxygen atoms in total. The third-order valence-corrected chi connectivity index (χ3v) is 4.04. The van der Waals surface area contributed by atoms with Crippen molar-refractivity contribution in [2.75, 3.05) is 6.61 Å². The molecule has 136 valence electrons. The number of carbonyl (C=O) groups excluding carboxylic acids is 1. The molecule has 0 saturated carbocycles. The first-order valence-corrected chi connectivity index (χ1v) is 8.56. The van der Waals surface area contributed by atoms with Crippen LogP contribution in [0.25, 0.3) is 11.1 Å². The van der Waals surface area contributed by atoms with Gasteiger partial charge in [-0.1, -0.05) is 66.2 Å². The van der Waals surface area contributed by atoms with E-state index in [1.807, 2.05) is 48.5 Å². The van der Waals surface area contributed by atoms with Crippen molar-refractivity contribution in [1.29, 1.82) is 0 Å². The molecule has 3 aromatic rings. The van der Waals surface area contributed by atoms with Gasteiger partial charge in [-0.25, -0.2) is 9.82 Å². The fourth-order valence-corrected chi connectivity index (χ4v) is 2.64. The number of hydrogen-bond acceptors (Lipinski definition) is 3. The van der Waals surface area contributed by atoms with Gasteiger partial charge in [-0.3, -0.25) is 4.79 Å². The summed E-state index contributed by atoms with van der Waals surface area (Å²) >= 11 is 5.89. The van der Waals surface area contributed by atoms with Gasteiger partial charge in [-0.2, -0.15) is 5.10 Å². The zero-order valence-electron chi connectivity index (χ0n) is 14.2. The molecule has 0 aromatic heterocycles. The van der Waals surface area contributed by atoms with Crippen LogP contribution in [0.15, 0.2) is 77.9 Å². The summed E-state index contributed by atoms with van der Waals surface area (Å²) in [5.41, 5.74) is 4.27. The zero-order valence-corrected chi connectivity index (χ0v) is 15.0. The molecule has 0 heterocycles. The van der Waals surface area contributed by atoms with Gasteiger partial charge in [0, 0.05) is 11.1 Å². The van der Waals surface area contributed by atoms with Crippen molar-refractivity contribution in [3.63, 3.8) is 0 Å². The number of nitrogens with one attached hydrogen (secondary N) is 1. The number of halogens is 2. The van der Waals surface area contributed by atoms with Gasteiger partial charge in [0.25, 0.3) is 5.91 Å². The molecule has 0 radical (unpaired) electrons. The number of hydrogen-bond donors (Lipinski definition) is 1. The maximum atomic E-state index is 13.6. The van der Waals surface area contributed by atoms with Crippen LogP contribution in [-0.2, 0) is 4.79 Å². The summed E-state index contributed by atoms with van der Waals surface area (Å²) in [5, 5.41) is 3.94. The second kappa shape index (κ2) is 8.96. The van der Waals surface area contributed by atoms with Crippen molar-refractivity contribution < 1.29 is 13.9 Å². The van der Waals surface area contributed by atoms with Crippen LogP contribution in [0.3, 0.4) is 0 Å². The van der Waals surface area contributed by atoms with Gasteiger partial charge in [0.05, 0.1) is 11.2 Å². The fourth-order valence-electron chi connectivity index (χ4n) is 2.43. The number of carbonyl (C=O) groups is 1. The summed E-state index contributed by atoms with van der Waals surface area (Å²) in [6, 6.07) is 21.5. The van der Waals surface area contributed by atoms with Crippen LogP contribution in [-0.4, -0.2) is 18.7 Å². The van der Waals surface area contributed by atoms with Crippen molar-refractivity contribution in [3.05, 3.63) is 89.2 Å². The second-order valence-electron chi connectivity index (χ2n) is 5.58. The van der Waals surface area contributed by atoms with Crippen LogP contribution in [0.1, 0.15) is 5.56 Å². The van der Waals surface area contributed by atoms with Gasteiger partial charge in [-0.05, 0) is 23.8 Å². The molecule has 1 N–H and O–H groups in total. The van der Waals surface area contributed by atoms with E-state index in [0.29, 0.717) is 5.75 Å². The van der Waals surface area contributed by atoms with E-state index >= 15 is 0 Å². The average molecular weight is 383 g/mol. The highest BCUT2D eigenvalue weighted by Gasteiger charge is 2.08. The third-order valence-electron chi connectivity index (χ3n) is 3.71. The quantitative estimate of drug-likeness (QED) is 0.497. The lowest BCUT2D eigenvalue weighted by atomic mass is 10.1. The molecule has 0 aliphatic rings. The number of hydrazone groups is 1. The highest BCUT2D eigenvalue weighted by atomic mass is 35.5. The summed E-state index contributed by atoms with van der Waals surface area (Å²) in [5.74, 6) is -0.407. The summed E-state index contributed by atoms with van der Waals surface area (Å²) in [4.78, 5) is 11.9. The predicted molar refractivity (Wildman–Crippen MR) is 105 cm³/mol. The van der Waals surface area contributed by atoms with E-state index in [-0.39, 0.29) is 17.2 Å². The number of amides is 1. The maximum absolute atomic E-state index is 13.6. The largest absolute Gasteiger partial charge is 0.483 e. The molecule has 0 saturated heterocycles. The first-order valence-electron chi connectivity index (χ1n) is 8.18. The highest BCUT2D eigenvalue weighted by molar-refractivity contribution is 6.33. The van der Waals surface area contributed by atoms with Crippen molar-refractivity contribution in [2.45, 2.75) is 0 Å². The topological polar surface area (TPSA) is 50.7 Å². The minimum absolute atomic E-state index is 0.106. The Hall–Kier alpha value is -3.18. The molecule has 0 unspecified atom stereocenters. The minimum atomic E-state index is -0.520. The molecule has 27 heavy (non-hydrogen) atoms. The monoisotopic (exact) mass is 382 g/mol. The number of para-hydroxylation sites is 1. The van der Waals surface area contributed by atoms with Crippen molar-refractivity contribution in [1.82, 2.24) is 5.43 Å².